The predicted molar refractivity (Wildman–Crippen MR) is 72.3 cm³/mol. The molecule has 96 valence electrons. The van der Waals surface area contributed by atoms with Gasteiger partial charge in [0.1, 0.15) is 0 Å². The Morgan fingerprint density at radius 1 is 1.53 bits per heavy atom. The topological polar surface area (TPSA) is 38.3 Å². The van der Waals surface area contributed by atoms with Gasteiger partial charge >= 0.3 is 0 Å². The molecule has 0 aromatic rings. The van der Waals surface area contributed by atoms with E-state index in [9.17, 15) is 4.79 Å². The molecule has 0 unspecified atom stereocenters. The maximum atomic E-state index is 11.4. The number of amides is 1. The summed E-state index contributed by atoms with van der Waals surface area (Å²) in [5.74, 6) is 0.0465. The first-order valence-electron chi connectivity index (χ1n) is 6.00. The number of carbonyl (C=O) groups is 1. The molecule has 1 amide bonds. The lowest BCUT2D eigenvalue weighted by Gasteiger charge is -2.39. The zero-order valence-corrected chi connectivity index (χ0v) is 12.5. The van der Waals surface area contributed by atoms with Gasteiger partial charge < -0.3 is 9.74 Å². The summed E-state index contributed by atoms with van der Waals surface area (Å²) >= 11 is 0. The van der Waals surface area contributed by atoms with Crippen molar-refractivity contribution >= 4 is 14.2 Å². The normalized spacial score (nSPS) is 25.4. The van der Waals surface area contributed by atoms with Crippen molar-refractivity contribution in [3.63, 3.8) is 0 Å². The van der Waals surface area contributed by atoms with E-state index in [0.29, 0.717) is 6.42 Å². The van der Waals surface area contributed by atoms with Gasteiger partial charge in [-0.25, -0.2) is 0 Å². The number of rotatable bonds is 3. The second kappa shape index (κ2) is 4.81. The zero-order chi connectivity index (χ0) is 13.3. The second-order valence-electron chi connectivity index (χ2n) is 6.08. The summed E-state index contributed by atoms with van der Waals surface area (Å²) in [7, 11) is -1.83. The fraction of sp³-hybridized carbons (Fsp3) is 0.692. The van der Waals surface area contributed by atoms with Crippen LogP contribution < -0.4 is 5.32 Å². The molecule has 1 saturated heterocycles. The van der Waals surface area contributed by atoms with E-state index in [1.54, 1.807) is 6.08 Å². The molecular weight excluding hydrogens is 230 g/mol. The van der Waals surface area contributed by atoms with Gasteiger partial charge in [0.2, 0.25) is 5.91 Å². The summed E-state index contributed by atoms with van der Waals surface area (Å²) in [4.78, 5) is 11.4. The summed E-state index contributed by atoms with van der Waals surface area (Å²) in [6.07, 6.45) is 2.15. The maximum absolute atomic E-state index is 11.4. The molecule has 1 rings (SSSR count). The standard InChI is InChI=1S/C13H23NO2Si/c1-7-8-10-11(9-12(15)14-10)16-17(5,6)13(2,3)4/h8,10-11H,1,9H2,2-6H3,(H,14,15)/t10-,11-/m0/s1. The van der Waals surface area contributed by atoms with Gasteiger partial charge in [-0.2, -0.15) is 0 Å². The second-order valence-corrected chi connectivity index (χ2v) is 10.8. The third-order valence-electron chi connectivity index (χ3n) is 3.66. The molecule has 1 heterocycles. The minimum absolute atomic E-state index is 0.0465. The highest BCUT2D eigenvalue weighted by molar-refractivity contribution is 6.74. The highest BCUT2D eigenvalue weighted by atomic mass is 28.4. The number of hydrogen-bond donors (Lipinski definition) is 1. The minimum Gasteiger partial charge on any atom is -0.411 e. The van der Waals surface area contributed by atoms with E-state index in [2.05, 4.69) is 51.5 Å². The summed E-state index contributed by atoms with van der Waals surface area (Å²) in [6, 6.07) is -0.0749. The highest BCUT2D eigenvalue weighted by Crippen LogP contribution is 2.38. The van der Waals surface area contributed by atoms with Crippen molar-refractivity contribution in [1.29, 1.82) is 0 Å². The van der Waals surface area contributed by atoms with E-state index in [4.69, 9.17) is 4.43 Å². The Kier molecular flexibility index (Phi) is 4.02. The van der Waals surface area contributed by atoms with E-state index in [1.165, 1.54) is 0 Å². The van der Waals surface area contributed by atoms with Gasteiger partial charge in [-0.3, -0.25) is 4.79 Å². The van der Waals surface area contributed by atoms with Crippen LogP contribution in [-0.2, 0) is 9.22 Å². The van der Waals surface area contributed by atoms with Gasteiger partial charge in [-0.1, -0.05) is 27.4 Å². The summed E-state index contributed by atoms with van der Waals surface area (Å²) in [5.41, 5.74) is 2.73. The molecule has 0 saturated carbocycles. The molecular formula is C13H23NO2Si. The molecule has 0 radical (unpaired) electrons. The van der Waals surface area contributed by atoms with Crippen LogP contribution in [0.5, 0.6) is 0 Å². The lowest BCUT2D eigenvalue weighted by atomic mass is 10.2. The van der Waals surface area contributed by atoms with Crippen molar-refractivity contribution < 1.29 is 9.22 Å². The number of hydrogen-bond acceptors (Lipinski definition) is 2. The Morgan fingerprint density at radius 3 is 2.59 bits per heavy atom. The average molecular weight is 253 g/mol. The smallest absolute Gasteiger partial charge is 0.223 e. The van der Waals surface area contributed by atoms with E-state index in [1.807, 2.05) is 0 Å². The van der Waals surface area contributed by atoms with Gasteiger partial charge in [0.15, 0.2) is 8.32 Å². The molecule has 1 fully saturated rings. The third-order valence-corrected chi connectivity index (χ3v) is 8.17. The minimum atomic E-state index is -1.83. The summed E-state index contributed by atoms with van der Waals surface area (Å²) in [6.45, 7) is 14.5. The van der Waals surface area contributed by atoms with E-state index >= 15 is 0 Å². The van der Waals surface area contributed by atoms with Crippen LogP contribution in [0.25, 0.3) is 0 Å². The fourth-order valence-electron chi connectivity index (χ4n) is 1.59. The van der Waals surface area contributed by atoms with Crippen LogP contribution in [0.1, 0.15) is 27.2 Å². The molecule has 0 aromatic carbocycles. The molecule has 0 aliphatic carbocycles. The molecule has 1 aliphatic heterocycles. The molecule has 3 nitrogen and oxygen atoms in total. The van der Waals surface area contributed by atoms with Crippen molar-refractivity contribution in [2.75, 3.05) is 0 Å². The van der Waals surface area contributed by atoms with Crippen LogP contribution in [0.15, 0.2) is 18.4 Å². The molecule has 1 aliphatic rings. The van der Waals surface area contributed by atoms with Gasteiger partial charge in [0, 0.05) is 0 Å². The Morgan fingerprint density at radius 2 is 2.12 bits per heavy atom. The van der Waals surface area contributed by atoms with Gasteiger partial charge in [0.05, 0.1) is 18.6 Å². The largest absolute Gasteiger partial charge is 0.411 e. The molecule has 0 spiro atoms. The number of nitrogens with one attached hydrogen (secondary N) is 1. The van der Waals surface area contributed by atoms with Gasteiger partial charge in [-0.05, 0) is 24.2 Å². The maximum Gasteiger partial charge on any atom is 0.223 e. The third kappa shape index (κ3) is 3.31. The van der Waals surface area contributed by atoms with E-state index < -0.39 is 8.32 Å². The summed E-state index contributed by atoms with van der Waals surface area (Å²) < 4.78 is 6.26. The Hall–Kier alpha value is -0.833. The number of carbonyl (C=O) groups excluding carboxylic acids is 1. The van der Waals surface area contributed by atoms with E-state index in [-0.39, 0.29) is 23.1 Å². The predicted octanol–water partition coefficient (Wildman–Crippen LogP) is 2.61. The Balaban J connectivity index is 2.80. The average Bonchev–Trinajstić information content (AvgIpc) is 2.44. The quantitative estimate of drug-likeness (QED) is 0.620. The molecule has 4 heteroatoms. The summed E-state index contributed by atoms with van der Waals surface area (Å²) in [5, 5.41) is 3.03. The monoisotopic (exact) mass is 253 g/mol. The Labute approximate surface area is 105 Å². The van der Waals surface area contributed by atoms with E-state index in [0.717, 1.165) is 0 Å². The Bertz CT molecular complexity index is 351. The first-order valence-corrected chi connectivity index (χ1v) is 8.91. The van der Waals surface area contributed by atoms with Crippen molar-refractivity contribution in [2.45, 2.75) is 57.5 Å². The molecule has 17 heavy (non-hydrogen) atoms. The molecule has 0 bridgehead atoms. The highest BCUT2D eigenvalue weighted by Gasteiger charge is 2.43. The molecule has 0 aromatic heterocycles. The van der Waals surface area contributed by atoms with Crippen LogP contribution in [0, 0.1) is 0 Å². The van der Waals surface area contributed by atoms with Gasteiger partial charge in [0.25, 0.3) is 0 Å². The van der Waals surface area contributed by atoms with Crippen molar-refractivity contribution in [3.05, 3.63) is 18.4 Å². The zero-order valence-electron chi connectivity index (χ0n) is 11.5. The first-order chi connectivity index (χ1) is 7.67. The molecule has 1 N–H and O–H groups in total. The van der Waals surface area contributed by atoms with Crippen molar-refractivity contribution in [2.24, 2.45) is 0 Å². The first kappa shape index (κ1) is 14.2. The lowest BCUT2D eigenvalue weighted by Crippen LogP contribution is -2.46. The van der Waals surface area contributed by atoms with Crippen molar-refractivity contribution in [3.8, 4) is 0 Å². The van der Waals surface area contributed by atoms with Crippen LogP contribution in [-0.4, -0.2) is 26.4 Å². The van der Waals surface area contributed by atoms with Crippen LogP contribution in [0.2, 0.25) is 18.1 Å². The molecule has 2 atom stereocenters. The van der Waals surface area contributed by atoms with Crippen LogP contribution in [0.4, 0.5) is 0 Å². The van der Waals surface area contributed by atoms with Crippen LogP contribution in [0.3, 0.4) is 0 Å². The lowest BCUT2D eigenvalue weighted by molar-refractivity contribution is -0.119. The SMILES string of the molecule is C=C=C[C@@H]1NC(=O)C[C@@H]1O[Si](C)(C)C(C)(C)C. The fourth-order valence-corrected chi connectivity index (χ4v) is 2.93. The van der Waals surface area contributed by atoms with Gasteiger partial charge in [-0.15, -0.1) is 5.73 Å². The van der Waals surface area contributed by atoms with Crippen LogP contribution >= 0.6 is 0 Å². The van der Waals surface area contributed by atoms with Crippen molar-refractivity contribution in [1.82, 2.24) is 5.32 Å².